The van der Waals surface area contributed by atoms with E-state index in [0.29, 0.717) is 50.3 Å². The van der Waals surface area contributed by atoms with E-state index >= 15 is 0 Å². The Morgan fingerprint density at radius 1 is 0.630 bits per heavy atom. The second-order valence-corrected chi connectivity index (χ2v) is 15.9. The Morgan fingerprint density at radius 2 is 1.05 bits per heavy atom. The lowest BCUT2D eigenvalue weighted by Gasteiger charge is -2.35. The van der Waals surface area contributed by atoms with E-state index in [1.54, 1.807) is 25.7 Å². The van der Waals surface area contributed by atoms with E-state index in [2.05, 4.69) is 21.7 Å². The molecule has 2 aliphatic rings. The molecule has 0 bridgehead atoms. The van der Waals surface area contributed by atoms with Gasteiger partial charge in [-0.05, 0) is 69.6 Å². The number of carboxylic acid groups (broad SMARTS) is 3. The number of piperazine rings is 2. The number of allylic oxidation sites excluding steroid dienone is 1. The molecule has 0 aliphatic carbocycles. The number of carbonyl (C=O) groups excluding carboxylic acids is 7. The van der Waals surface area contributed by atoms with Gasteiger partial charge in [0.25, 0.3) is 11.8 Å². The second kappa shape index (κ2) is 37.3. The number of amides is 10. The van der Waals surface area contributed by atoms with Crippen LogP contribution in [0.2, 0.25) is 0 Å². The number of carbonyl (C=O) groups is 10. The highest BCUT2D eigenvalue weighted by Gasteiger charge is 2.29. The van der Waals surface area contributed by atoms with Gasteiger partial charge in [0.2, 0.25) is 0 Å². The van der Waals surface area contributed by atoms with Gasteiger partial charge in [-0.2, -0.15) is 0 Å². The third-order valence-electron chi connectivity index (χ3n) is 10.7. The molecule has 3 rings (SSSR count). The first kappa shape index (κ1) is 65.5. The molecule has 2 aliphatic heterocycles. The summed E-state index contributed by atoms with van der Waals surface area (Å²) in [4.78, 5) is 123. The van der Waals surface area contributed by atoms with Crippen LogP contribution in [-0.4, -0.2) is 191 Å². The van der Waals surface area contributed by atoms with Crippen LogP contribution in [0, 0.1) is 0 Å². The number of primary amides is 2. The quantitative estimate of drug-likeness (QED) is 0.0275. The number of hydrazine groups is 1. The molecule has 0 aromatic heterocycles. The largest absolute Gasteiger partial charge is 0.481 e. The van der Waals surface area contributed by atoms with E-state index in [1.165, 1.54) is 23.3 Å². The van der Waals surface area contributed by atoms with Crippen LogP contribution in [0.1, 0.15) is 105 Å². The monoisotopic (exact) mass is 1040 g/mol. The number of benzene rings is 1. The highest BCUT2D eigenvalue weighted by molar-refractivity contribution is 6.01. The number of hydrogen-bond donors (Lipinski definition) is 12. The maximum atomic E-state index is 13.9. The van der Waals surface area contributed by atoms with Crippen LogP contribution in [0.25, 0.3) is 0 Å². The fourth-order valence-electron chi connectivity index (χ4n) is 6.93. The lowest BCUT2D eigenvalue weighted by atomic mass is 10.1. The number of aldehydes is 1. The fourth-order valence-corrected chi connectivity index (χ4v) is 6.93. The number of halogens is 1. The second-order valence-electron chi connectivity index (χ2n) is 15.9. The van der Waals surface area contributed by atoms with Gasteiger partial charge in [-0.15, -0.1) is 0 Å². The van der Waals surface area contributed by atoms with Crippen molar-refractivity contribution in [1.82, 2.24) is 40.9 Å². The summed E-state index contributed by atoms with van der Waals surface area (Å²) in [6.07, 6.45) is 6.13. The number of aliphatic hydroxyl groups excluding tert-OH is 1. The first-order chi connectivity index (χ1) is 34.8. The molecule has 1 aromatic rings. The van der Waals surface area contributed by atoms with Crippen molar-refractivity contribution < 1.29 is 72.8 Å². The van der Waals surface area contributed by atoms with Crippen molar-refractivity contribution >= 4 is 65.8 Å². The van der Waals surface area contributed by atoms with E-state index in [4.69, 9.17) is 32.6 Å². The fraction of sp³-hybridized carbons (Fsp3) is 0.600. The Bertz CT molecular complexity index is 1970. The number of nitrogens with one attached hydrogen (secondary N) is 4. The maximum Gasteiger partial charge on any atom is 0.326 e. The van der Waals surface area contributed by atoms with E-state index in [0.717, 1.165) is 32.7 Å². The van der Waals surface area contributed by atoms with Crippen molar-refractivity contribution in [1.29, 1.82) is 0 Å². The van der Waals surface area contributed by atoms with Crippen LogP contribution in [0.4, 0.5) is 29.3 Å². The molecule has 2 fully saturated rings. The summed E-state index contributed by atoms with van der Waals surface area (Å²) in [5, 5.41) is 43.8. The Balaban J connectivity index is 0.00000262. The average Bonchev–Trinajstić information content (AvgIpc) is 3.37. The molecule has 412 valence electrons. The van der Waals surface area contributed by atoms with Crippen LogP contribution in [0.3, 0.4) is 0 Å². The number of aliphatic carboxylic acids is 3. The first-order valence-electron chi connectivity index (χ1n) is 23.8. The zero-order valence-electron chi connectivity index (χ0n) is 41.9. The molecule has 28 heteroatoms. The van der Waals surface area contributed by atoms with E-state index in [9.17, 15) is 57.4 Å². The molecule has 0 spiro atoms. The normalized spacial score (nSPS) is 13.9. The van der Waals surface area contributed by atoms with Crippen molar-refractivity contribution in [3.05, 3.63) is 41.2 Å². The van der Waals surface area contributed by atoms with Crippen molar-refractivity contribution in [2.45, 2.75) is 96.6 Å². The minimum Gasteiger partial charge on any atom is -0.481 e. The van der Waals surface area contributed by atoms with Crippen molar-refractivity contribution in [3.8, 4) is 0 Å². The van der Waals surface area contributed by atoms with Crippen LogP contribution in [0.5, 0.6) is 0 Å². The Morgan fingerprint density at radius 3 is 1.45 bits per heavy atom. The summed E-state index contributed by atoms with van der Waals surface area (Å²) in [5.41, 5.74) is 16.7. The standard InChI is InChI=1S/C36H56FN11O8.C6H10N2O5.C2H6.CH4O/c37-10-7-8-28(38)25-48(40)29-23-26(31(50)44-13-17-46(18-14-44)35(55)41-11-4-1-2-6-21-49)22-27(24-29)32(51)45-15-19-47(20-16-45)36(56)42-12-5-3-9-30(33(52)53)43-34(39)54;7-6(13)8-3(5(11)12)1-2-4(9)10;2*1-2/h21-25,30H,1-20,38,40H2,(H,41,55)(H,42,56)(H,52,53)(H3,39,43,54);3H,1-2H2,(H,9,10)(H,11,12)(H3,7,8,13);1-2H3;2H,1H3/b28-25-;;;. The Kier molecular flexibility index (Phi) is 33.5. The molecular weight excluding hydrogens is 966 g/mol. The minimum atomic E-state index is -1.31. The highest BCUT2D eigenvalue weighted by Crippen LogP contribution is 2.23. The van der Waals surface area contributed by atoms with Crippen molar-refractivity contribution in [2.24, 2.45) is 23.0 Å². The minimum absolute atomic E-state index is 0.149. The Labute approximate surface area is 423 Å². The van der Waals surface area contributed by atoms with Crippen LogP contribution in [-0.2, 0) is 19.2 Å². The first-order valence-corrected chi connectivity index (χ1v) is 23.8. The number of hydrogen-bond acceptors (Lipinski definition) is 14. The van der Waals surface area contributed by atoms with Gasteiger partial charge in [0.1, 0.15) is 18.4 Å². The Hall–Kier alpha value is -7.49. The molecule has 2 heterocycles. The lowest BCUT2D eigenvalue weighted by molar-refractivity contribution is -0.141. The molecular formula is C45H76FN13O14. The smallest absolute Gasteiger partial charge is 0.326 e. The number of aliphatic hydroxyl groups is 1. The van der Waals surface area contributed by atoms with Gasteiger partial charge in [-0.3, -0.25) is 23.8 Å². The SMILES string of the molecule is CC.CO.NC(=O)NC(CCC(=O)O)C(=O)O.NC(=O)NC(CCCCNC(=O)N1CCN(C(=O)c2cc(C(=O)N3CCN(C(=O)NCCCCCC=O)CC3)cc(N(N)/C=C(\N)CCCF)c2)CC1)C(=O)O. The average molecular weight is 1040 g/mol. The van der Waals surface area contributed by atoms with Gasteiger partial charge < -0.3 is 83.3 Å². The highest BCUT2D eigenvalue weighted by atomic mass is 19.1. The van der Waals surface area contributed by atoms with Gasteiger partial charge in [-0.1, -0.05) is 20.3 Å². The van der Waals surface area contributed by atoms with Gasteiger partial charge >= 0.3 is 42.0 Å². The summed E-state index contributed by atoms with van der Waals surface area (Å²) < 4.78 is 12.8. The maximum absolute atomic E-state index is 13.9. The number of nitrogens with zero attached hydrogens (tertiary/aromatic N) is 5. The summed E-state index contributed by atoms with van der Waals surface area (Å²) >= 11 is 0. The number of anilines is 1. The number of rotatable bonds is 25. The van der Waals surface area contributed by atoms with Gasteiger partial charge in [-0.25, -0.2) is 34.6 Å². The molecule has 27 nitrogen and oxygen atoms in total. The van der Waals surface area contributed by atoms with Gasteiger partial charge in [0, 0.05) is 108 Å². The van der Waals surface area contributed by atoms with E-state index in [-0.39, 0.29) is 113 Å². The van der Waals surface area contributed by atoms with Crippen LogP contribution in [0.15, 0.2) is 30.1 Å². The topological polar surface area (TPSA) is 420 Å². The number of unbranched alkanes of at least 4 members (excludes halogenated alkanes) is 4. The molecule has 16 N–H and O–H groups in total. The number of carboxylic acids is 3. The summed E-state index contributed by atoms with van der Waals surface area (Å²) in [6, 6.07) is -0.265. The molecule has 1 aromatic carbocycles. The molecule has 73 heavy (non-hydrogen) atoms. The zero-order chi connectivity index (χ0) is 55.5. The number of nitrogens with two attached hydrogens (primary N) is 4. The lowest BCUT2D eigenvalue weighted by Crippen LogP contribution is -2.53. The molecule has 2 saturated heterocycles. The van der Waals surface area contributed by atoms with Crippen molar-refractivity contribution in [3.63, 3.8) is 0 Å². The van der Waals surface area contributed by atoms with Gasteiger partial charge in [0.15, 0.2) is 0 Å². The summed E-state index contributed by atoms with van der Waals surface area (Å²) in [7, 11) is 1.00. The van der Waals surface area contributed by atoms with E-state index in [1.807, 2.05) is 19.2 Å². The molecule has 0 saturated carbocycles. The van der Waals surface area contributed by atoms with E-state index < -0.39 is 48.7 Å². The van der Waals surface area contributed by atoms with Gasteiger partial charge in [0.05, 0.1) is 12.4 Å². The van der Waals surface area contributed by atoms with Crippen molar-refractivity contribution in [2.75, 3.05) is 84.2 Å². The van der Waals surface area contributed by atoms with Crippen LogP contribution < -0.4 is 49.3 Å². The molecule has 10 amide bonds. The number of alkyl halides is 1. The third-order valence-corrected chi connectivity index (χ3v) is 10.7. The number of urea groups is 4. The molecule has 0 radical (unpaired) electrons. The van der Waals surface area contributed by atoms with Crippen LogP contribution >= 0.6 is 0 Å². The summed E-state index contributed by atoms with van der Waals surface area (Å²) in [6.45, 7) is 6.26. The summed E-state index contributed by atoms with van der Waals surface area (Å²) in [5.74, 6) is 1.94. The molecule has 2 unspecified atom stereocenters. The molecule has 2 atom stereocenters. The predicted molar refractivity (Wildman–Crippen MR) is 265 cm³/mol. The zero-order valence-corrected chi connectivity index (χ0v) is 41.9. The third kappa shape index (κ3) is 26.5. The predicted octanol–water partition coefficient (Wildman–Crippen LogP) is 0.510.